The monoisotopic (exact) mass is 243 g/mol. The minimum Gasteiger partial charge on any atom is -0.495 e. The molecule has 16 heavy (non-hydrogen) atoms. The maximum absolute atomic E-state index is 10.3. The van der Waals surface area contributed by atoms with Crippen LogP contribution in [0.1, 0.15) is 0 Å². The molecular formula is C10H13NO4S. The lowest BCUT2D eigenvalue weighted by molar-refractivity contribution is -0.141. The zero-order valence-corrected chi connectivity index (χ0v) is 9.53. The summed E-state index contributed by atoms with van der Waals surface area (Å²) in [5.74, 6) is -0.284. The summed E-state index contributed by atoms with van der Waals surface area (Å²) >= 11 is 0.888. The van der Waals surface area contributed by atoms with Gasteiger partial charge in [-0.2, -0.15) is 0 Å². The molecule has 5 nitrogen and oxygen atoms in total. The number of aliphatic carboxylic acids is 1. The number of aliphatic hydroxyl groups excluding tert-OH is 1. The van der Waals surface area contributed by atoms with Gasteiger partial charge >= 0.3 is 5.97 Å². The van der Waals surface area contributed by atoms with Gasteiger partial charge in [0.1, 0.15) is 5.75 Å². The molecule has 0 spiro atoms. The van der Waals surface area contributed by atoms with E-state index in [2.05, 4.69) is 5.32 Å². The number of carboxylic acids is 1. The first-order valence-electron chi connectivity index (χ1n) is 4.54. The number of para-hydroxylation sites is 2. The fourth-order valence-corrected chi connectivity index (χ4v) is 1.60. The molecule has 88 valence electrons. The van der Waals surface area contributed by atoms with Gasteiger partial charge in [-0.3, -0.25) is 0 Å². The second-order valence-corrected chi connectivity index (χ2v) is 3.95. The molecule has 0 aliphatic heterocycles. The van der Waals surface area contributed by atoms with E-state index in [4.69, 9.17) is 14.9 Å². The van der Waals surface area contributed by atoms with Crippen LogP contribution in [-0.4, -0.2) is 34.6 Å². The number of thioether (sulfide) groups is 1. The Bertz CT molecular complexity index is 358. The highest BCUT2D eigenvalue weighted by molar-refractivity contribution is 8.00. The van der Waals surface area contributed by atoms with Gasteiger partial charge in [-0.1, -0.05) is 23.9 Å². The van der Waals surface area contributed by atoms with Crippen LogP contribution in [0.25, 0.3) is 0 Å². The highest BCUT2D eigenvalue weighted by Crippen LogP contribution is 2.23. The Labute approximate surface area is 97.4 Å². The molecular weight excluding hydrogens is 230 g/mol. The molecule has 0 aliphatic rings. The summed E-state index contributed by atoms with van der Waals surface area (Å²) in [6, 6.07) is 7.28. The number of nitrogens with one attached hydrogen (secondary N) is 1. The van der Waals surface area contributed by atoms with Gasteiger partial charge < -0.3 is 20.3 Å². The Hall–Kier alpha value is -1.40. The van der Waals surface area contributed by atoms with Crippen LogP contribution in [-0.2, 0) is 4.79 Å². The number of anilines is 1. The van der Waals surface area contributed by atoms with Crippen molar-refractivity contribution in [2.75, 3.05) is 18.3 Å². The van der Waals surface area contributed by atoms with Crippen molar-refractivity contribution in [1.29, 1.82) is 0 Å². The number of methoxy groups -OCH3 is 1. The number of aliphatic hydroxyl groups is 1. The van der Waals surface area contributed by atoms with Gasteiger partial charge in [0.05, 0.1) is 18.7 Å². The summed E-state index contributed by atoms with van der Waals surface area (Å²) in [6.07, 6.45) is 0. The Kier molecular flexibility index (Phi) is 4.94. The molecule has 0 bridgehead atoms. The van der Waals surface area contributed by atoms with E-state index in [1.165, 1.54) is 0 Å². The lowest BCUT2D eigenvalue weighted by Gasteiger charge is -2.11. The third-order valence-electron chi connectivity index (χ3n) is 1.82. The second kappa shape index (κ2) is 6.24. The van der Waals surface area contributed by atoms with Gasteiger partial charge in [0.2, 0.25) is 0 Å². The molecule has 1 atom stereocenters. The molecule has 0 aliphatic carbocycles. The molecule has 6 heteroatoms. The van der Waals surface area contributed by atoms with Crippen molar-refractivity contribution in [1.82, 2.24) is 0 Å². The average molecular weight is 243 g/mol. The summed E-state index contributed by atoms with van der Waals surface area (Å²) in [5.41, 5.74) is -0.655. The van der Waals surface area contributed by atoms with Gasteiger partial charge in [0, 0.05) is 0 Å². The maximum Gasteiger partial charge on any atom is 0.343 e. The van der Waals surface area contributed by atoms with Crippen molar-refractivity contribution >= 4 is 23.4 Å². The highest BCUT2D eigenvalue weighted by atomic mass is 32.2. The SMILES string of the molecule is COc1ccccc1NCSC(O)C(=O)O. The van der Waals surface area contributed by atoms with Crippen LogP contribution in [0.15, 0.2) is 24.3 Å². The number of carboxylic acid groups (broad SMARTS) is 1. The predicted molar refractivity (Wildman–Crippen MR) is 62.7 cm³/mol. The summed E-state index contributed by atoms with van der Waals surface area (Å²) in [4.78, 5) is 10.3. The minimum absolute atomic E-state index is 0.286. The Morgan fingerprint density at radius 3 is 2.88 bits per heavy atom. The summed E-state index contributed by atoms with van der Waals surface area (Å²) in [5, 5.41) is 20.4. The van der Waals surface area contributed by atoms with Crippen molar-refractivity contribution < 1.29 is 19.7 Å². The molecule has 0 radical (unpaired) electrons. The van der Waals surface area contributed by atoms with Gasteiger partial charge in [-0.25, -0.2) is 4.79 Å². The fourth-order valence-electron chi connectivity index (χ4n) is 1.06. The van der Waals surface area contributed by atoms with Crippen LogP contribution in [0, 0.1) is 0 Å². The van der Waals surface area contributed by atoms with Gasteiger partial charge in [-0.15, -0.1) is 0 Å². The molecule has 0 fully saturated rings. The lowest BCUT2D eigenvalue weighted by atomic mass is 10.3. The zero-order chi connectivity index (χ0) is 12.0. The number of ether oxygens (including phenoxy) is 1. The second-order valence-electron chi connectivity index (χ2n) is 2.88. The first-order chi connectivity index (χ1) is 7.65. The quantitative estimate of drug-likeness (QED) is 0.652. The normalized spacial score (nSPS) is 11.9. The van der Waals surface area contributed by atoms with E-state index in [1.54, 1.807) is 13.2 Å². The zero-order valence-electron chi connectivity index (χ0n) is 8.71. The van der Waals surface area contributed by atoms with Crippen LogP contribution in [0.3, 0.4) is 0 Å². The van der Waals surface area contributed by atoms with E-state index in [0.29, 0.717) is 5.75 Å². The Balaban J connectivity index is 2.45. The average Bonchev–Trinajstić information content (AvgIpc) is 2.29. The topological polar surface area (TPSA) is 78.8 Å². The highest BCUT2D eigenvalue weighted by Gasteiger charge is 2.12. The number of hydrogen-bond acceptors (Lipinski definition) is 5. The number of rotatable bonds is 6. The smallest absolute Gasteiger partial charge is 0.343 e. The van der Waals surface area contributed by atoms with Gasteiger partial charge in [-0.05, 0) is 12.1 Å². The number of carbonyl (C=O) groups is 1. The van der Waals surface area contributed by atoms with E-state index in [9.17, 15) is 4.79 Å². The van der Waals surface area contributed by atoms with Crippen LogP contribution in [0.4, 0.5) is 5.69 Å². The van der Waals surface area contributed by atoms with Crippen LogP contribution < -0.4 is 10.1 Å². The molecule has 3 N–H and O–H groups in total. The van der Waals surface area contributed by atoms with Gasteiger partial charge in [0.25, 0.3) is 0 Å². The van der Waals surface area contributed by atoms with E-state index < -0.39 is 11.4 Å². The van der Waals surface area contributed by atoms with Crippen molar-refractivity contribution in [3.63, 3.8) is 0 Å². The standard InChI is InChI=1S/C10H13NO4S/c1-15-8-5-3-2-4-7(8)11-6-16-10(14)9(12)13/h2-5,10-11,14H,6H2,1H3,(H,12,13). The van der Waals surface area contributed by atoms with Crippen molar-refractivity contribution in [3.8, 4) is 5.75 Å². The molecule has 0 heterocycles. The largest absolute Gasteiger partial charge is 0.495 e. The van der Waals surface area contributed by atoms with Crippen molar-refractivity contribution in [3.05, 3.63) is 24.3 Å². The summed E-state index contributed by atoms with van der Waals surface area (Å²) in [6.45, 7) is 0. The molecule has 1 aromatic carbocycles. The Morgan fingerprint density at radius 2 is 2.25 bits per heavy atom. The fraction of sp³-hybridized carbons (Fsp3) is 0.300. The van der Waals surface area contributed by atoms with E-state index in [-0.39, 0.29) is 5.88 Å². The molecule has 1 rings (SSSR count). The molecule has 0 saturated carbocycles. The third-order valence-corrected chi connectivity index (χ3v) is 2.65. The summed E-state index contributed by atoms with van der Waals surface area (Å²) in [7, 11) is 1.56. The molecule has 1 aromatic rings. The minimum atomic E-state index is -1.41. The van der Waals surface area contributed by atoms with Crippen LogP contribution in [0.2, 0.25) is 0 Å². The maximum atomic E-state index is 10.3. The van der Waals surface area contributed by atoms with E-state index in [1.807, 2.05) is 18.2 Å². The lowest BCUT2D eigenvalue weighted by Crippen LogP contribution is -2.17. The predicted octanol–water partition coefficient (Wildman–Crippen LogP) is 1.20. The first-order valence-corrected chi connectivity index (χ1v) is 5.59. The van der Waals surface area contributed by atoms with Crippen molar-refractivity contribution in [2.24, 2.45) is 0 Å². The van der Waals surface area contributed by atoms with E-state index >= 15 is 0 Å². The number of hydrogen-bond donors (Lipinski definition) is 3. The van der Waals surface area contributed by atoms with Crippen molar-refractivity contribution in [2.45, 2.75) is 5.44 Å². The first kappa shape index (κ1) is 12.7. The molecule has 1 unspecified atom stereocenters. The van der Waals surface area contributed by atoms with E-state index in [0.717, 1.165) is 17.4 Å². The van der Waals surface area contributed by atoms with Crippen LogP contribution >= 0.6 is 11.8 Å². The van der Waals surface area contributed by atoms with Gasteiger partial charge in [0.15, 0.2) is 5.44 Å². The van der Waals surface area contributed by atoms with Crippen LogP contribution in [0.5, 0.6) is 5.75 Å². The molecule has 0 amide bonds. The summed E-state index contributed by atoms with van der Waals surface area (Å²) < 4.78 is 5.10. The molecule has 0 saturated heterocycles. The third kappa shape index (κ3) is 3.63. The molecule has 0 aromatic heterocycles. The number of benzene rings is 1. The Morgan fingerprint density at radius 1 is 1.56 bits per heavy atom.